The molecule has 1 saturated carbocycles. The van der Waals surface area contributed by atoms with Crippen molar-refractivity contribution in [3.05, 3.63) is 29.6 Å². The molecule has 0 aromatic carbocycles. The van der Waals surface area contributed by atoms with Gasteiger partial charge in [-0.3, -0.25) is 4.40 Å². The Morgan fingerprint density at radius 1 is 1.30 bits per heavy atom. The standard InChI is InChI=1S/C17H25N3/c1-3-7-15-17(18-14-8-5-4-6-9-14)20-11-10-13(2)12-16(20)19-15/h10-12,14,18H,3-9H2,1-2H3. The molecule has 1 fully saturated rings. The van der Waals surface area contributed by atoms with Crippen molar-refractivity contribution in [3.63, 3.8) is 0 Å². The third kappa shape index (κ3) is 2.67. The van der Waals surface area contributed by atoms with Crippen molar-refractivity contribution in [2.24, 2.45) is 0 Å². The summed E-state index contributed by atoms with van der Waals surface area (Å²) in [7, 11) is 0. The Labute approximate surface area is 121 Å². The molecule has 0 bridgehead atoms. The first-order valence-electron chi connectivity index (χ1n) is 8.02. The number of nitrogens with zero attached hydrogens (tertiary/aromatic N) is 2. The Balaban J connectivity index is 1.95. The van der Waals surface area contributed by atoms with Gasteiger partial charge in [-0.2, -0.15) is 0 Å². The van der Waals surface area contributed by atoms with Gasteiger partial charge in [-0.1, -0.05) is 32.6 Å². The first-order valence-corrected chi connectivity index (χ1v) is 8.02. The molecule has 2 aromatic rings. The Bertz CT molecular complexity index is 579. The molecular formula is C17H25N3. The lowest BCUT2D eigenvalue weighted by molar-refractivity contribution is 0.461. The average molecular weight is 271 g/mol. The van der Waals surface area contributed by atoms with E-state index in [-0.39, 0.29) is 0 Å². The number of nitrogens with one attached hydrogen (secondary N) is 1. The van der Waals surface area contributed by atoms with E-state index in [1.54, 1.807) is 0 Å². The third-order valence-corrected chi connectivity index (χ3v) is 4.29. The molecule has 0 aliphatic heterocycles. The summed E-state index contributed by atoms with van der Waals surface area (Å²) in [6.07, 6.45) is 11.1. The molecule has 1 aliphatic rings. The maximum atomic E-state index is 4.83. The van der Waals surface area contributed by atoms with Gasteiger partial charge in [-0.15, -0.1) is 0 Å². The molecule has 0 atom stereocenters. The van der Waals surface area contributed by atoms with Crippen LogP contribution in [0, 0.1) is 6.92 Å². The Morgan fingerprint density at radius 3 is 2.85 bits per heavy atom. The van der Waals surface area contributed by atoms with Gasteiger partial charge < -0.3 is 5.32 Å². The summed E-state index contributed by atoms with van der Waals surface area (Å²) >= 11 is 0. The van der Waals surface area contributed by atoms with Gasteiger partial charge in [0.1, 0.15) is 11.5 Å². The van der Waals surface area contributed by atoms with E-state index in [9.17, 15) is 0 Å². The Kier molecular flexibility index (Phi) is 3.95. The zero-order valence-corrected chi connectivity index (χ0v) is 12.7. The largest absolute Gasteiger partial charge is 0.367 e. The normalized spacial score (nSPS) is 16.7. The number of aromatic nitrogens is 2. The monoisotopic (exact) mass is 271 g/mol. The fraction of sp³-hybridized carbons (Fsp3) is 0.588. The Morgan fingerprint density at radius 2 is 2.10 bits per heavy atom. The fourth-order valence-corrected chi connectivity index (χ4v) is 3.20. The van der Waals surface area contributed by atoms with Crippen LogP contribution in [0.3, 0.4) is 0 Å². The highest BCUT2D eigenvalue weighted by Crippen LogP contribution is 2.26. The second kappa shape index (κ2) is 5.86. The predicted octanol–water partition coefficient (Wildman–Crippen LogP) is 4.34. The zero-order chi connectivity index (χ0) is 13.9. The molecule has 0 saturated heterocycles. The summed E-state index contributed by atoms with van der Waals surface area (Å²) in [6, 6.07) is 4.96. The summed E-state index contributed by atoms with van der Waals surface area (Å²) in [6.45, 7) is 4.35. The van der Waals surface area contributed by atoms with Gasteiger partial charge in [-0.05, 0) is 43.9 Å². The molecule has 0 radical (unpaired) electrons. The zero-order valence-electron chi connectivity index (χ0n) is 12.7. The summed E-state index contributed by atoms with van der Waals surface area (Å²) < 4.78 is 2.23. The maximum absolute atomic E-state index is 4.83. The molecule has 20 heavy (non-hydrogen) atoms. The van der Waals surface area contributed by atoms with Crippen LogP contribution in [-0.2, 0) is 6.42 Å². The number of imidazole rings is 1. The van der Waals surface area contributed by atoms with Gasteiger partial charge in [-0.25, -0.2) is 4.98 Å². The summed E-state index contributed by atoms with van der Waals surface area (Å²) in [4.78, 5) is 4.83. The van der Waals surface area contributed by atoms with Crippen LogP contribution in [0.15, 0.2) is 18.3 Å². The molecule has 3 heteroatoms. The minimum Gasteiger partial charge on any atom is -0.367 e. The van der Waals surface area contributed by atoms with E-state index in [2.05, 4.69) is 41.9 Å². The summed E-state index contributed by atoms with van der Waals surface area (Å²) in [5.74, 6) is 1.23. The highest BCUT2D eigenvalue weighted by Gasteiger charge is 2.18. The molecule has 1 N–H and O–H groups in total. The van der Waals surface area contributed by atoms with E-state index in [4.69, 9.17) is 4.98 Å². The van der Waals surface area contributed by atoms with Gasteiger partial charge in [0.2, 0.25) is 0 Å². The van der Waals surface area contributed by atoms with Crippen LogP contribution in [0.2, 0.25) is 0 Å². The van der Waals surface area contributed by atoms with E-state index in [1.807, 2.05) is 0 Å². The average Bonchev–Trinajstić information content (AvgIpc) is 2.77. The minimum atomic E-state index is 0.626. The fourth-order valence-electron chi connectivity index (χ4n) is 3.20. The van der Waals surface area contributed by atoms with Crippen molar-refractivity contribution in [1.29, 1.82) is 0 Å². The predicted molar refractivity (Wildman–Crippen MR) is 84.4 cm³/mol. The lowest BCUT2D eigenvalue weighted by Gasteiger charge is -2.24. The first-order chi connectivity index (χ1) is 9.78. The molecule has 3 nitrogen and oxygen atoms in total. The van der Waals surface area contributed by atoms with Gasteiger partial charge in [0.25, 0.3) is 0 Å². The first kappa shape index (κ1) is 13.5. The molecule has 2 heterocycles. The van der Waals surface area contributed by atoms with Crippen LogP contribution in [0.4, 0.5) is 5.82 Å². The van der Waals surface area contributed by atoms with Crippen LogP contribution in [0.25, 0.3) is 5.65 Å². The van der Waals surface area contributed by atoms with Crippen molar-refractivity contribution >= 4 is 11.5 Å². The van der Waals surface area contributed by atoms with Gasteiger partial charge in [0.05, 0.1) is 5.69 Å². The van der Waals surface area contributed by atoms with Gasteiger partial charge in [0, 0.05) is 12.2 Å². The van der Waals surface area contributed by atoms with Crippen molar-refractivity contribution in [3.8, 4) is 0 Å². The van der Waals surface area contributed by atoms with E-state index in [1.165, 1.54) is 49.2 Å². The van der Waals surface area contributed by atoms with E-state index in [0.29, 0.717) is 6.04 Å². The number of pyridine rings is 1. The van der Waals surface area contributed by atoms with E-state index in [0.717, 1.165) is 18.5 Å². The summed E-state index contributed by atoms with van der Waals surface area (Å²) in [5.41, 5.74) is 3.57. The smallest absolute Gasteiger partial charge is 0.138 e. The van der Waals surface area contributed by atoms with Crippen molar-refractivity contribution in [1.82, 2.24) is 9.38 Å². The van der Waals surface area contributed by atoms with E-state index < -0.39 is 0 Å². The second-order valence-electron chi connectivity index (χ2n) is 6.07. The third-order valence-electron chi connectivity index (χ3n) is 4.29. The summed E-state index contributed by atoms with van der Waals surface area (Å²) in [5, 5.41) is 3.78. The molecule has 0 unspecified atom stereocenters. The molecular weight excluding hydrogens is 246 g/mol. The lowest BCUT2D eigenvalue weighted by Crippen LogP contribution is -2.23. The number of fused-ring (bicyclic) bond motifs is 1. The van der Waals surface area contributed by atoms with Crippen LogP contribution >= 0.6 is 0 Å². The molecule has 3 rings (SSSR count). The van der Waals surface area contributed by atoms with Crippen LogP contribution < -0.4 is 5.32 Å². The molecule has 0 spiro atoms. The van der Waals surface area contributed by atoms with Crippen molar-refractivity contribution in [2.45, 2.75) is 64.8 Å². The number of anilines is 1. The topological polar surface area (TPSA) is 29.3 Å². The number of aryl methyl sites for hydroxylation is 2. The molecule has 0 amide bonds. The number of hydrogen-bond donors (Lipinski definition) is 1. The quantitative estimate of drug-likeness (QED) is 0.896. The number of rotatable bonds is 4. The lowest BCUT2D eigenvalue weighted by atomic mass is 9.95. The minimum absolute atomic E-state index is 0.626. The van der Waals surface area contributed by atoms with Gasteiger partial charge in [0.15, 0.2) is 0 Å². The highest BCUT2D eigenvalue weighted by atomic mass is 15.1. The highest BCUT2D eigenvalue weighted by molar-refractivity contribution is 5.56. The molecule has 2 aromatic heterocycles. The van der Waals surface area contributed by atoms with Crippen LogP contribution in [-0.4, -0.2) is 15.4 Å². The van der Waals surface area contributed by atoms with Gasteiger partial charge >= 0.3 is 0 Å². The molecule has 1 aliphatic carbocycles. The maximum Gasteiger partial charge on any atom is 0.138 e. The SMILES string of the molecule is CCCc1nc2cc(C)ccn2c1NC1CCCCC1. The van der Waals surface area contributed by atoms with Crippen molar-refractivity contribution in [2.75, 3.05) is 5.32 Å². The Hall–Kier alpha value is -1.51. The molecule has 108 valence electrons. The number of hydrogen-bond acceptors (Lipinski definition) is 2. The second-order valence-corrected chi connectivity index (χ2v) is 6.07. The van der Waals surface area contributed by atoms with Crippen LogP contribution in [0.1, 0.15) is 56.7 Å². The van der Waals surface area contributed by atoms with Crippen molar-refractivity contribution < 1.29 is 0 Å². The van der Waals surface area contributed by atoms with E-state index >= 15 is 0 Å². The van der Waals surface area contributed by atoms with Crippen LogP contribution in [0.5, 0.6) is 0 Å².